The summed E-state index contributed by atoms with van der Waals surface area (Å²) >= 11 is 6.02. The first-order chi connectivity index (χ1) is 9.04. The number of halogens is 1. The highest BCUT2D eigenvalue weighted by Crippen LogP contribution is 2.29. The first-order valence-corrected chi connectivity index (χ1v) is 6.70. The molecular weight excluding hydrogens is 256 g/mol. The molecule has 2 aromatic carbocycles. The fraction of sp³-hybridized carbons (Fsp3) is 0.250. The minimum absolute atomic E-state index is 0.0165. The molecule has 3 N–H and O–H groups in total. The smallest absolute Gasteiger partial charge is 0.0715 e. The van der Waals surface area contributed by atoms with Crippen molar-refractivity contribution >= 4 is 11.6 Å². The molecule has 2 nitrogen and oxygen atoms in total. The molecule has 0 saturated heterocycles. The van der Waals surface area contributed by atoms with Crippen molar-refractivity contribution in [1.29, 1.82) is 0 Å². The second-order valence-electron chi connectivity index (χ2n) is 4.89. The van der Waals surface area contributed by atoms with Crippen LogP contribution in [0, 0.1) is 20.8 Å². The lowest BCUT2D eigenvalue weighted by molar-refractivity contribution is 0.630. The van der Waals surface area contributed by atoms with E-state index in [1.54, 1.807) is 0 Å². The molecule has 19 heavy (non-hydrogen) atoms. The van der Waals surface area contributed by atoms with E-state index in [0.717, 1.165) is 16.1 Å². The van der Waals surface area contributed by atoms with Crippen LogP contribution in [0.25, 0.3) is 0 Å². The molecule has 1 unspecified atom stereocenters. The van der Waals surface area contributed by atoms with E-state index >= 15 is 0 Å². The lowest BCUT2D eigenvalue weighted by atomic mass is 9.91. The van der Waals surface area contributed by atoms with Crippen LogP contribution in [0.5, 0.6) is 0 Å². The van der Waals surface area contributed by atoms with Crippen molar-refractivity contribution in [3.8, 4) is 0 Å². The highest BCUT2D eigenvalue weighted by atomic mass is 35.5. The largest absolute Gasteiger partial charge is 0.271 e. The SMILES string of the molecule is Cc1cc(Cl)ccc1C(NN)c1cccc(C)c1C. The van der Waals surface area contributed by atoms with E-state index < -0.39 is 0 Å². The van der Waals surface area contributed by atoms with Crippen molar-refractivity contribution in [1.82, 2.24) is 5.43 Å². The van der Waals surface area contributed by atoms with Gasteiger partial charge in [-0.2, -0.15) is 0 Å². The molecule has 0 saturated carbocycles. The van der Waals surface area contributed by atoms with Gasteiger partial charge in [-0.05, 0) is 60.7 Å². The molecule has 2 rings (SSSR count). The minimum atomic E-state index is -0.0165. The highest BCUT2D eigenvalue weighted by Gasteiger charge is 2.17. The average molecular weight is 275 g/mol. The van der Waals surface area contributed by atoms with Crippen molar-refractivity contribution < 1.29 is 0 Å². The Morgan fingerprint density at radius 3 is 2.37 bits per heavy atom. The van der Waals surface area contributed by atoms with Gasteiger partial charge in [-0.3, -0.25) is 5.84 Å². The van der Waals surface area contributed by atoms with Crippen LogP contribution >= 0.6 is 11.6 Å². The molecule has 0 spiro atoms. The maximum absolute atomic E-state index is 6.02. The normalized spacial score (nSPS) is 12.5. The van der Waals surface area contributed by atoms with Crippen molar-refractivity contribution in [2.24, 2.45) is 5.84 Å². The second kappa shape index (κ2) is 5.74. The molecule has 3 heteroatoms. The van der Waals surface area contributed by atoms with E-state index in [0.29, 0.717) is 0 Å². The van der Waals surface area contributed by atoms with Crippen LogP contribution in [0.1, 0.15) is 33.9 Å². The molecule has 0 aliphatic heterocycles. The third-order valence-corrected chi connectivity index (χ3v) is 3.90. The molecule has 0 radical (unpaired) electrons. The third-order valence-electron chi connectivity index (χ3n) is 3.67. The zero-order chi connectivity index (χ0) is 14.0. The first kappa shape index (κ1) is 14.1. The summed E-state index contributed by atoms with van der Waals surface area (Å²) in [6.07, 6.45) is 0. The van der Waals surface area contributed by atoms with Gasteiger partial charge in [0.25, 0.3) is 0 Å². The number of hydrazine groups is 1. The Balaban J connectivity index is 2.53. The van der Waals surface area contributed by atoms with E-state index in [2.05, 4.69) is 44.4 Å². The number of hydrogen-bond acceptors (Lipinski definition) is 2. The Hall–Kier alpha value is -1.35. The molecule has 0 aliphatic rings. The molecule has 0 amide bonds. The van der Waals surface area contributed by atoms with Crippen LogP contribution in [-0.4, -0.2) is 0 Å². The van der Waals surface area contributed by atoms with Crippen molar-refractivity contribution in [2.45, 2.75) is 26.8 Å². The third kappa shape index (κ3) is 2.81. The average Bonchev–Trinajstić information content (AvgIpc) is 2.37. The number of aryl methyl sites for hydroxylation is 2. The molecule has 0 bridgehead atoms. The summed E-state index contributed by atoms with van der Waals surface area (Å²) in [4.78, 5) is 0. The van der Waals surface area contributed by atoms with Gasteiger partial charge in [0.15, 0.2) is 0 Å². The van der Waals surface area contributed by atoms with E-state index in [4.69, 9.17) is 17.4 Å². The van der Waals surface area contributed by atoms with Crippen molar-refractivity contribution in [3.05, 3.63) is 69.2 Å². The number of nitrogens with one attached hydrogen (secondary N) is 1. The molecule has 1 atom stereocenters. The Labute approximate surface area is 119 Å². The highest BCUT2D eigenvalue weighted by molar-refractivity contribution is 6.30. The zero-order valence-electron chi connectivity index (χ0n) is 11.5. The second-order valence-corrected chi connectivity index (χ2v) is 5.33. The van der Waals surface area contributed by atoms with Crippen LogP contribution in [-0.2, 0) is 0 Å². The molecular formula is C16H19ClN2. The number of rotatable bonds is 3. The molecule has 100 valence electrons. The van der Waals surface area contributed by atoms with Gasteiger partial charge < -0.3 is 0 Å². The summed E-state index contributed by atoms with van der Waals surface area (Å²) in [5.74, 6) is 5.78. The van der Waals surface area contributed by atoms with Crippen LogP contribution in [0.15, 0.2) is 36.4 Å². The van der Waals surface area contributed by atoms with Gasteiger partial charge in [0, 0.05) is 5.02 Å². The summed E-state index contributed by atoms with van der Waals surface area (Å²) < 4.78 is 0. The van der Waals surface area contributed by atoms with Crippen LogP contribution in [0.2, 0.25) is 5.02 Å². The molecule has 0 aromatic heterocycles. The summed E-state index contributed by atoms with van der Waals surface area (Å²) in [5, 5.41) is 0.748. The summed E-state index contributed by atoms with van der Waals surface area (Å²) in [5.41, 5.74) is 8.94. The molecule has 2 aromatic rings. The van der Waals surface area contributed by atoms with E-state index in [1.165, 1.54) is 16.7 Å². The topological polar surface area (TPSA) is 38.0 Å². The molecule has 0 fully saturated rings. The van der Waals surface area contributed by atoms with E-state index in [-0.39, 0.29) is 6.04 Å². The monoisotopic (exact) mass is 274 g/mol. The standard InChI is InChI=1S/C16H19ClN2/c1-10-5-4-6-15(12(10)3)16(19-18)14-8-7-13(17)9-11(14)2/h4-9,16,19H,18H2,1-3H3. The first-order valence-electron chi connectivity index (χ1n) is 6.33. The number of nitrogens with two attached hydrogens (primary N) is 1. The summed E-state index contributed by atoms with van der Waals surface area (Å²) in [7, 11) is 0. The lowest BCUT2D eigenvalue weighted by Gasteiger charge is -2.22. The van der Waals surface area contributed by atoms with Gasteiger partial charge in [-0.25, -0.2) is 5.43 Å². The Morgan fingerprint density at radius 2 is 1.74 bits per heavy atom. The predicted octanol–water partition coefficient (Wildman–Crippen LogP) is 3.82. The molecule has 0 aliphatic carbocycles. The fourth-order valence-corrected chi connectivity index (χ4v) is 2.62. The van der Waals surface area contributed by atoms with Crippen molar-refractivity contribution in [3.63, 3.8) is 0 Å². The number of hydrogen-bond donors (Lipinski definition) is 2. The minimum Gasteiger partial charge on any atom is -0.271 e. The Morgan fingerprint density at radius 1 is 1.00 bits per heavy atom. The number of benzene rings is 2. The summed E-state index contributed by atoms with van der Waals surface area (Å²) in [6, 6.07) is 12.2. The quantitative estimate of drug-likeness (QED) is 0.660. The maximum atomic E-state index is 6.02. The van der Waals surface area contributed by atoms with Gasteiger partial charge in [0.05, 0.1) is 6.04 Å². The van der Waals surface area contributed by atoms with Crippen LogP contribution in [0.3, 0.4) is 0 Å². The van der Waals surface area contributed by atoms with Gasteiger partial charge >= 0.3 is 0 Å². The lowest BCUT2D eigenvalue weighted by Crippen LogP contribution is -2.30. The van der Waals surface area contributed by atoms with E-state index in [1.807, 2.05) is 18.2 Å². The van der Waals surface area contributed by atoms with Crippen molar-refractivity contribution in [2.75, 3.05) is 0 Å². The fourth-order valence-electron chi connectivity index (χ4n) is 2.40. The van der Waals surface area contributed by atoms with Gasteiger partial charge in [0.1, 0.15) is 0 Å². The van der Waals surface area contributed by atoms with Gasteiger partial charge in [-0.15, -0.1) is 0 Å². The van der Waals surface area contributed by atoms with E-state index in [9.17, 15) is 0 Å². The Kier molecular flexibility index (Phi) is 4.25. The van der Waals surface area contributed by atoms with Crippen LogP contribution in [0.4, 0.5) is 0 Å². The van der Waals surface area contributed by atoms with Gasteiger partial charge in [-0.1, -0.05) is 35.9 Å². The zero-order valence-corrected chi connectivity index (χ0v) is 12.3. The maximum Gasteiger partial charge on any atom is 0.0715 e. The molecule has 0 heterocycles. The van der Waals surface area contributed by atoms with Crippen LogP contribution < -0.4 is 11.3 Å². The Bertz CT molecular complexity index is 593. The van der Waals surface area contributed by atoms with Gasteiger partial charge in [0.2, 0.25) is 0 Å². The summed E-state index contributed by atoms with van der Waals surface area (Å²) in [6.45, 7) is 6.29. The predicted molar refractivity (Wildman–Crippen MR) is 81.3 cm³/mol.